The van der Waals surface area contributed by atoms with Crippen LogP contribution >= 0.6 is 11.3 Å². The molecule has 0 atom stereocenters. The Bertz CT molecular complexity index is 974. The minimum Gasteiger partial charge on any atom is -0.465 e. The summed E-state index contributed by atoms with van der Waals surface area (Å²) in [5.41, 5.74) is 2.15. The summed E-state index contributed by atoms with van der Waals surface area (Å²) in [6, 6.07) is 6.30. The molecule has 0 fully saturated rings. The van der Waals surface area contributed by atoms with E-state index in [1.807, 2.05) is 0 Å². The highest BCUT2D eigenvalue weighted by molar-refractivity contribution is 7.91. The van der Waals surface area contributed by atoms with Crippen LogP contribution in [0, 0.1) is 0 Å². The molecule has 2 aromatic rings. The number of thiophene rings is 1. The van der Waals surface area contributed by atoms with Crippen molar-refractivity contribution in [3.8, 4) is 0 Å². The second kappa shape index (κ2) is 7.82. The smallest absolute Gasteiger partial charge is 0.341 e. The summed E-state index contributed by atoms with van der Waals surface area (Å²) in [6.07, 6.45) is 2.83. The van der Waals surface area contributed by atoms with Crippen LogP contribution in [-0.2, 0) is 38.6 Å². The third kappa shape index (κ3) is 4.06. The van der Waals surface area contributed by atoms with Crippen LogP contribution in [0.2, 0.25) is 0 Å². The molecular formula is C19H21NO5S2. The molecule has 8 heteroatoms. The van der Waals surface area contributed by atoms with E-state index in [9.17, 15) is 18.0 Å². The fourth-order valence-electron chi connectivity index (χ4n) is 3.15. The van der Waals surface area contributed by atoms with E-state index in [0.29, 0.717) is 16.1 Å². The highest BCUT2D eigenvalue weighted by Crippen LogP contribution is 2.39. The number of aryl methyl sites for hydroxylation is 1. The fraction of sp³-hybridized carbons (Fsp3) is 0.368. The van der Waals surface area contributed by atoms with Gasteiger partial charge in [-0.15, -0.1) is 11.3 Å². The summed E-state index contributed by atoms with van der Waals surface area (Å²) in [4.78, 5) is 25.9. The predicted octanol–water partition coefficient (Wildman–Crippen LogP) is 3.00. The molecule has 0 saturated heterocycles. The topological polar surface area (TPSA) is 89.5 Å². The van der Waals surface area contributed by atoms with Gasteiger partial charge in [0.25, 0.3) is 0 Å². The molecule has 27 heavy (non-hydrogen) atoms. The van der Waals surface area contributed by atoms with Crippen molar-refractivity contribution in [2.45, 2.75) is 37.5 Å². The van der Waals surface area contributed by atoms with E-state index in [0.717, 1.165) is 29.7 Å². The monoisotopic (exact) mass is 407 g/mol. The molecule has 1 amide bonds. The number of fused-ring (bicyclic) bond motifs is 1. The zero-order valence-electron chi connectivity index (χ0n) is 15.2. The molecule has 6 nitrogen and oxygen atoms in total. The molecule has 1 N–H and O–H groups in total. The van der Waals surface area contributed by atoms with Gasteiger partial charge in [-0.1, -0.05) is 19.1 Å². The van der Waals surface area contributed by atoms with Crippen LogP contribution in [0.1, 0.15) is 39.7 Å². The quantitative estimate of drug-likeness (QED) is 0.744. The van der Waals surface area contributed by atoms with Crippen molar-refractivity contribution in [3.05, 3.63) is 45.8 Å². The second-order valence-corrected chi connectivity index (χ2v) is 9.71. The summed E-state index contributed by atoms with van der Waals surface area (Å²) in [5.74, 6) is -0.656. The zero-order valence-corrected chi connectivity index (χ0v) is 16.8. The number of ether oxygens (including phenoxy) is 1. The average molecular weight is 408 g/mol. The van der Waals surface area contributed by atoms with Crippen molar-refractivity contribution in [1.29, 1.82) is 0 Å². The molecule has 3 rings (SSSR count). The summed E-state index contributed by atoms with van der Waals surface area (Å²) in [7, 11) is -1.93. The first-order valence-electron chi connectivity index (χ1n) is 8.70. The normalized spacial score (nSPS) is 13.3. The van der Waals surface area contributed by atoms with Gasteiger partial charge in [-0.05, 0) is 42.5 Å². The first kappa shape index (κ1) is 19.6. The van der Waals surface area contributed by atoms with Crippen LogP contribution in [0.25, 0.3) is 0 Å². The van der Waals surface area contributed by atoms with Crippen LogP contribution in [0.3, 0.4) is 0 Å². The predicted molar refractivity (Wildman–Crippen MR) is 104 cm³/mol. The van der Waals surface area contributed by atoms with E-state index >= 15 is 0 Å². The van der Waals surface area contributed by atoms with Gasteiger partial charge in [-0.2, -0.15) is 0 Å². The number of carbonyl (C=O) groups is 2. The minimum atomic E-state index is -3.26. The number of anilines is 1. The third-order valence-electron chi connectivity index (χ3n) is 4.59. The molecule has 1 heterocycles. The number of hydrogen-bond donors (Lipinski definition) is 1. The molecule has 1 aromatic carbocycles. The Morgan fingerprint density at radius 2 is 1.89 bits per heavy atom. The van der Waals surface area contributed by atoms with Gasteiger partial charge in [-0.3, -0.25) is 4.79 Å². The van der Waals surface area contributed by atoms with E-state index in [1.54, 1.807) is 19.1 Å². The molecule has 0 bridgehead atoms. The van der Waals surface area contributed by atoms with Crippen molar-refractivity contribution < 1.29 is 22.7 Å². The Morgan fingerprint density at radius 1 is 1.19 bits per heavy atom. The third-order valence-corrected chi connectivity index (χ3v) is 7.55. The summed E-state index contributed by atoms with van der Waals surface area (Å²) in [6.45, 7) is 1.59. The Hall–Kier alpha value is -2.19. The number of esters is 1. The van der Waals surface area contributed by atoms with E-state index in [1.165, 1.54) is 30.6 Å². The Morgan fingerprint density at radius 3 is 2.52 bits per heavy atom. The SMILES string of the molecule is CCS(=O)(=O)c1ccc(CC(=O)Nc2sc3c(c2C(=O)OC)CCC3)cc1. The Labute approximate surface area is 162 Å². The van der Waals surface area contributed by atoms with Crippen molar-refractivity contribution in [2.75, 3.05) is 18.2 Å². The highest BCUT2D eigenvalue weighted by atomic mass is 32.2. The number of amides is 1. The van der Waals surface area contributed by atoms with E-state index in [2.05, 4.69) is 5.32 Å². The van der Waals surface area contributed by atoms with Crippen molar-refractivity contribution in [2.24, 2.45) is 0 Å². The number of nitrogens with one attached hydrogen (secondary N) is 1. The average Bonchev–Trinajstić information content (AvgIpc) is 3.22. The van der Waals surface area contributed by atoms with Gasteiger partial charge < -0.3 is 10.1 Å². The molecule has 0 spiro atoms. The minimum absolute atomic E-state index is 0.0339. The number of methoxy groups -OCH3 is 1. The number of benzene rings is 1. The van der Waals surface area contributed by atoms with Gasteiger partial charge in [0, 0.05) is 4.88 Å². The van der Waals surface area contributed by atoms with Gasteiger partial charge in [0.2, 0.25) is 5.91 Å². The van der Waals surface area contributed by atoms with E-state index in [-0.39, 0.29) is 23.0 Å². The van der Waals surface area contributed by atoms with Crippen LogP contribution in [0.15, 0.2) is 29.2 Å². The molecule has 1 aliphatic carbocycles. The maximum atomic E-state index is 12.4. The molecule has 144 valence electrons. The maximum absolute atomic E-state index is 12.4. The van der Waals surface area contributed by atoms with Gasteiger partial charge in [-0.25, -0.2) is 13.2 Å². The maximum Gasteiger partial charge on any atom is 0.341 e. The molecule has 0 radical (unpaired) electrons. The summed E-state index contributed by atoms with van der Waals surface area (Å²) in [5, 5.41) is 3.35. The molecule has 0 aliphatic heterocycles. The number of carbonyl (C=O) groups excluding carboxylic acids is 2. The lowest BCUT2D eigenvalue weighted by atomic mass is 10.1. The molecular weight excluding hydrogens is 386 g/mol. The van der Waals surface area contributed by atoms with Gasteiger partial charge in [0.15, 0.2) is 9.84 Å². The lowest BCUT2D eigenvalue weighted by molar-refractivity contribution is -0.115. The van der Waals surface area contributed by atoms with Crippen molar-refractivity contribution >= 4 is 38.1 Å². The van der Waals surface area contributed by atoms with Gasteiger partial charge >= 0.3 is 5.97 Å². The van der Waals surface area contributed by atoms with E-state index < -0.39 is 15.8 Å². The van der Waals surface area contributed by atoms with Crippen LogP contribution < -0.4 is 5.32 Å². The molecule has 0 saturated carbocycles. The standard InChI is InChI=1S/C19H21NO5S2/c1-3-27(23,24)13-9-7-12(8-10-13)11-16(21)20-18-17(19(22)25-2)14-5-4-6-15(14)26-18/h7-10H,3-6,11H2,1-2H3,(H,20,21). The lowest BCUT2D eigenvalue weighted by Gasteiger charge is -2.08. The number of sulfone groups is 1. The summed E-state index contributed by atoms with van der Waals surface area (Å²) >= 11 is 1.43. The largest absolute Gasteiger partial charge is 0.465 e. The Kier molecular flexibility index (Phi) is 5.67. The van der Waals surface area contributed by atoms with Crippen molar-refractivity contribution in [1.82, 2.24) is 0 Å². The fourth-order valence-corrected chi connectivity index (χ4v) is 5.33. The Balaban J connectivity index is 1.74. The highest BCUT2D eigenvalue weighted by Gasteiger charge is 2.28. The molecule has 1 aliphatic rings. The van der Waals surface area contributed by atoms with Crippen molar-refractivity contribution in [3.63, 3.8) is 0 Å². The van der Waals surface area contributed by atoms with E-state index in [4.69, 9.17) is 4.74 Å². The van der Waals surface area contributed by atoms with Gasteiger partial charge in [0.1, 0.15) is 5.00 Å². The molecule has 1 aromatic heterocycles. The second-order valence-electron chi connectivity index (χ2n) is 6.33. The number of rotatable bonds is 6. The lowest BCUT2D eigenvalue weighted by Crippen LogP contribution is -2.16. The summed E-state index contributed by atoms with van der Waals surface area (Å²) < 4.78 is 28.6. The van der Waals surface area contributed by atoms with Gasteiger partial charge in [0.05, 0.1) is 29.7 Å². The first-order chi connectivity index (χ1) is 12.9. The molecule has 0 unspecified atom stereocenters. The van der Waals surface area contributed by atoms with Crippen LogP contribution in [0.4, 0.5) is 5.00 Å². The van der Waals surface area contributed by atoms with Crippen LogP contribution in [-0.4, -0.2) is 33.2 Å². The van der Waals surface area contributed by atoms with Crippen LogP contribution in [0.5, 0.6) is 0 Å². The number of hydrogen-bond acceptors (Lipinski definition) is 6. The first-order valence-corrected chi connectivity index (χ1v) is 11.2. The zero-order chi connectivity index (χ0) is 19.6.